The van der Waals surface area contributed by atoms with E-state index in [1.807, 2.05) is 30.7 Å². The summed E-state index contributed by atoms with van der Waals surface area (Å²) in [5.74, 6) is 1.50. The first-order chi connectivity index (χ1) is 10.7. The predicted octanol–water partition coefficient (Wildman–Crippen LogP) is 4.70. The SMILES string of the molecule is COc1cc(Br)c2oc(-c3cn4nc(SC)sc4n3)cc2c1. The van der Waals surface area contributed by atoms with E-state index in [9.17, 15) is 0 Å². The van der Waals surface area contributed by atoms with Gasteiger partial charge in [0.1, 0.15) is 17.0 Å². The van der Waals surface area contributed by atoms with E-state index in [0.717, 1.165) is 36.2 Å². The molecule has 0 N–H and O–H groups in total. The minimum absolute atomic E-state index is 0.715. The Labute approximate surface area is 142 Å². The summed E-state index contributed by atoms with van der Waals surface area (Å²) in [7, 11) is 1.65. The monoisotopic (exact) mass is 395 g/mol. The Balaban J connectivity index is 1.84. The van der Waals surface area contributed by atoms with Crippen molar-refractivity contribution in [1.82, 2.24) is 14.6 Å². The number of imidazole rings is 1. The lowest BCUT2D eigenvalue weighted by molar-refractivity contribution is 0.415. The van der Waals surface area contributed by atoms with E-state index in [1.54, 1.807) is 34.7 Å². The van der Waals surface area contributed by atoms with E-state index in [4.69, 9.17) is 9.15 Å². The second-order valence-electron chi connectivity index (χ2n) is 4.56. The van der Waals surface area contributed by atoms with Crippen molar-refractivity contribution in [2.45, 2.75) is 4.34 Å². The molecule has 3 aromatic heterocycles. The summed E-state index contributed by atoms with van der Waals surface area (Å²) < 4.78 is 14.8. The number of hydrogen-bond acceptors (Lipinski definition) is 6. The number of ether oxygens (including phenoxy) is 1. The van der Waals surface area contributed by atoms with Crippen molar-refractivity contribution < 1.29 is 9.15 Å². The van der Waals surface area contributed by atoms with Gasteiger partial charge in [-0.1, -0.05) is 23.1 Å². The molecule has 22 heavy (non-hydrogen) atoms. The number of fused-ring (bicyclic) bond motifs is 2. The molecule has 5 nitrogen and oxygen atoms in total. The topological polar surface area (TPSA) is 52.6 Å². The molecule has 0 unspecified atom stereocenters. The molecule has 4 aromatic rings. The number of furan rings is 1. The summed E-state index contributed by atoms with van der Waals surface area (Å²) in [6.45, 7) is 0. The maximum atomic E-state index is 5.93. The molecule has 0 bridgehead atoms. The maximum Gasteiger partial charge on any atom is 0.213 e. The average Bonchev–Trinajstić information content (AvgIpc) is 3.18. The summed E-state index contributed by atoms with van der Waals surface area (Å²) in [5.41, 5.74) is 1.55. The Morgan fingerprint density at radius 2 is 2.23 bits per heavy atom. The molecule has 4 rings (SSSR count). The quantitative estimate of drug-likeness (QED) is 0.470. The highest BCUT2D eigenvalue weighted by Crippen LogP contribution is 2.35. The van der Waals surface area contributed by atoms with Crippen LogP contribution >= 0.6 is 39.0 Å². The number of hydrogen-bond donors (Lipinski definition) is 0. The number of methoxy groups -OCH3 is 1. The molecule has 0 aliphatic heterocycles. The number of nitrogens with zero attached hydrogens (tertiary/aromatic N) is 3. The largest absolute Gasteiger partial charge is 0.497 e. The summed E-state index contributed by atoms with van der Waals surface area (Å²) >= 11 is 6.68. The molecule has 112 valence electrons. The Bertz CT molecular complexity index is 957. The lowest BCUT2D eigenvalue weighted by Gasteiger charge is -1.99. The zero-order valence-corrected chi connectivity index (χ0v) is 14.9. The van der Waals surface area contributed by atoms with Gasteiger partial charge in [0.2, 0.25) is 4.96 Å². The number of thioether (sulfide) groups is 1. The van der Waals surface area contributed by atoms with Gasteiger partial charge in [0.25, 0.3) is 0 Å². The van der Waals surface area contributed by atoms with E-state index in [0.29, 0.717) is 5.76 Å². The smallest absolute Gasteiger partial charge is 0.213 e. The minimum Gasteiger partial charge on any atom is -0.497 e. The van der Waals surface area contributed by atoms with Crippen molar-refractivity contribution in [3.63, 3.8) is 0 Å². The summed E-state index contributed by atoms with van der Waals surface area (Å²) in [4.78, 5) is 5.44. The summed E-state index contributed by atoms with van der Waals surface area (Å²) in [6.07, 6.45) is 3.89. The normalized spacial score (nSPS) is 11.6. The fourth-order valence-corrected chi connectivity index (χ4v) is 4.09. The first-order valence-electron chi connectivity index (χ1n) is 6.35. The highest BCUT2D eigenvalue weighted by atomic mass is 79.9. The molecule has 0 spiro atoms. The maximum absolute atomic E-state index is 5.93. The van der Waals surface area contributed by atoms with Crippen LogP contribution in [0.3, 0.4) is 0 Å². The van der Waals surface area contributed by atoms with Crippen molar-refractivity contribution >= 4 is 55.0 Å². The van der Waals surface area contributed by atoms with Crippen LogP contribution in [-0.4, -0.2) is 28.0 Å². The third kappa shape index (κ3) is 2.22. The molecule has 0 amide bonds. The van der Waals surface area contributed by atoms with Gasteiger partial charge in [0, 0.05) is 5.39 Å². The zero-order valence-electron chi connectivity index (χ0n) is 11.7. The van der Waals surface area contributed by atoms with E-state index in [1.165, 1.54) is 0 Å². The Morgan fingerprint density at radius 1 is 1.36 bits per heavy atom. The molecule has 8 heteroatoms. The van der Waals surface area contributed by atoms with Crippen molar-refractivity contribution in [2.24, 2.45) is 0 Å². The Kier molecular flexibility index (Phi) is 3.39. The molecule has 3 heterocycles. The van der Waals surface area contributed by atoms with Gasteiger partial charge in [-0.2, -0.15) is 0 Å². The molecule has 0 aliphatic carbocycles. The van der Waals surface area contributed by atoms with Crippen LogP contribution in [0.1, 0.15) is 0 Å². The van der Waals surface area contributed by atoms with Gasteiger partial charge in [-0.05, 0) is 40.4 Å². The Morgan fingerprint density at radius 3 is 2.95 bits per heavy atom. The fourth-order valence-electron chi connectivity index (χ4n) is 2.21. The molecular weight excluding hydrogens is 386 g/mol. The zero-order chi connectivity index (χ0) is 15.3. The average molecular weight is 396 g/mol. The van der Waals surface area contributed by atoms with Gasteiger partial charge in [-0.15, -0.1) is 5.10 Å². The van der Waals surface area contributed by atoms with Gasteiger partial charge in [-0.25, -0.2) is 9.50 Å². The van der Waals surface area contributed by atoms with Crippen molar-refractivity contribution in [1.29, 1.82) is 0 Å². The fraction of sp³-hybridized carbons (Fsp3) is 0.143. The van der Waals surface area contributed by atoms with Crippen molar-refractivity contribution in [2.75, 3.05) is 13.4 Å². The van der Waals surface area contributed by atoms with Gasteiger partial charge in [0.05, 0.1) is 17.8 Å². The lowest BCUT2D eigenvalue weighted by Crippen LogP contribution is -1.81. The van der Waals surface area contributed by atoms with Crippen LogP contribution < -0.4 is 4.74 Å². The molecule has 0 fully saturated rings. The molecule has 0 atom stereocenters. The van der Waals surface area contributed by atoms with E-state index in [2.05, 4.69) is 26.0 Å². The van der Waals surface area contributed by atoms with Crippen LogP contribution in [0.25, 0.3) is 27.4 Å². The highest BCUT2D eigenvalue weighted by molar-refractivity contribution is 9.10. The minimum atomic E-state index is 0.715. The van der Waals surface area contributed by atoms with Crippen molar-refractivity contribution in [3.8, 4) is 17.2 Å². The number of rotatable bonds is 3. The Hall–Kier alpha value is -1.51. The van der Waals surface area contributed by atoms with Crippen LogP contribution in [0, 0.1) is 0 Å². The van der Waals surface area contributed by atoms with Crippen LogP contribution in [0.15, 0.2) is 37.6 Å². The summed E-state index contributed by atoms with van der Waals surface area (Å²) in [6, 6.07) is 5.79. The van der Waals surface area contributed by atoms with Gasteiger partial charge in [0.15, 0.2) is 10.1 Å². The third-order valence-electron chi connectivity index (χ3n) is 3.23. The first-order valence-corrected chi connectivity index (χ1v) is 9.19. The lowest BCUT2D eigenvalue weighted by atomic mass is 10.2. The van der Waals surface area contributed by atoms with Crippen LogP contribution in [-0.2, 0) is 0 Å². The molecule has 0 saturated heterocycles. The van der Waals surface area contributed by atoms with Crippen molar-refractivity contribution in [3.05, 3.63) is 28.9 Å². The standard InChI is InChI=1S/C14H10BrN3O2S2/c1-19-8-3-7-4-11(20-12(7)9(15)5-8)10-6-18-13(16-10)22-14(17-18)21-2/h3-6H,1-2H3. The van der Waals surface area contributed by atoms with E-state index in [-0.39, 0.29) is 0 Å². The van der Waals surface area contributed by atoms with Gasteiger partial charge in [-0.3, -0.25) is 0 Å². The van der Waals surface area contributed by atoms with Gasteiger partial charge < -0.3 is 9.15 Å². The second kappa shape index (κ2) is 5.29. The molecule has 0 radical (unpaired) electrons. The highest BCUT2D eigenvalue weighted by Gasteiger charge is 2.15. The van der Waals surface area contributed by atoms with Gasteiger partial charge >= 0.3 is 0 Å². The predicted molar refractivity (Wildman–Crippen MR) is 92.1 cm³/mol. The van der Waals surface area contributed by atoms with Crippen LogP contribution in [0.2, 0.25) is 0 Å². The number of benzene rings is 1. The third-order valence-corrected chi connectivity index (χ3v) is 5.72. The van der Waals surface area contributed by atoms with E-state index >= 15 is 0 Å². The van der Waals surface area contributed by atoms with E-state index < -0.39 is 0 Å². The molecule has 0 saturated carbocycles. The first kappa shape index (κ1) is 14.1. The molecule has 1 aromatic carbocycles. The van der Waals surface area contributed by atoms with Crippen LogP contribution in [0.4, 0.5) is 0 Å². The molecule has 0 aliphatic rings. The molecular formula is C14H10BrN3O2S2. The summed E-state index contributed by atoms with van der Waals surface area (Å²) in [5, 5.41) is 5.41. The number of aromatic nitrogens is 3. The van der Waals surface area contributed by atoms with Crippen LogP contribution in [0.5, 0.6) is 5.75 Å². The number of halogens is 1. The second-order valence-corrected chi connectivity index (χ2v) is 7.43.